The van der Waals surface area contributed by atoms with E-state index < -0.39 is 12.0 Å². The van der Waals surface area contributed by atoms with Gasteiger partial charge < -0.3 is 19.5 Å². The largest absolute Gasteiger partial charge is 0.496 e. The van der Waals surface area contributed by atoms with Crippen LogP contribution in [0.4, 0.5) is 4.79 Å². The van der Waals surface area contributed by atoms with Crippen molar-refractivity contribution in [3.63, 3.8) is 0 Å². The highest BCUT2D eigenvalue weighted by molar-refractivity contribution is 9.10. The fraction of sp³-hybridized carbons (Fsp3) is 0.412. The second-order valence-electron chi connectivity index (χ2n) is 5.40. The number of carbonyl (C=O) groups excluding carboxylic acids is 2. The number of nitrogens with zero attached hydrogens (tertiary/aromatic N) is 1. The summed E-state index contributed by atoms with van der Waals surface area (Å²) in [6.45, 7) is 2.40. The molecule has 0 aromatic heterocycles. The minimum Gasteiger partial charge on any atom is -0.496 e. The lowest BCUT2D eigenvalue weighted by Crippen LogP contribution is -2.49. The number of carbonyl (C=O) groups is 2. The molecule has 1 N–H and O–H groups in total. The Balaban J connectivity index is 2.57. The summed E-state index contributed by atoms with van der Waals surface area (Å²) in [5, 5.41) is 2.86. The minimum atomic E-state index is -0.675. The zero-order chi connectivity index (χ0) is 18.6. The Bertz CT molecular complexity index is 704. The maximum Gasteiger partial charge on any atom is 0.337 e. The molecule has 1 aliphatic rings. The first kappa shape index (κ1) is 19.3. The van der Waals surface area contributed by atoms with E-state index in [1.807, 2.05) is 12.1 Å². The van der Waals surface area contributed by atoms with Crippen LogP contribution in [0.5, 0.6) is 5.75 Å². The fourth-order valence-electron chi connectivity index (χ4n) is 2.77. The molecule has 0 fully saturated rings. The maximum atomic E-state index is 12.6. The molecule has 0 saturated heterocycles. The molecule has 0 aliphatic carbocycles. The smallest absolute Gasteiger partial charge is 0.337 e. The Morgan fingerprint density at radius 1 is 1.32 bits per heavy atom. The van der Waals surface area contributed by atoms with Gasteiger partial charge in [0.25, 0.3) is 0 Å². The third-order valence-electron chi connectivity index (χ3n) is 4.02. The van der Waals surface area contributed by atoms with Crippen LogP contribution in [0.15, 0.2) is 33.9 Å². The van der Waals surface area contributed by atoms with E-state index in [-0.39, 0.29) is 6.03 Å². The van der Waals surface area contributed by atoms with E-state index in [1.54, 1.807) is 20.1 Å². The van der Waals surface area contributed by atoms with Crippen molar-refractivity contribution in [1.29, 1.82) is 0 Å². The topological polar surface area (TPSA) is 77.1 Å². The summed E-state index contributed by atoms with van der Waals surface area (Å²) in [5.74, 6) is 0.0555. The molecule has 0 radical (unpaired) electrons. The average molecular weight is 413 g/mol. The molecule has 2 rings (SSSR count). The molecule has 1 aromatic rings. The fourth-order valence-corrected chi connectivity index (χ4v) is 3.15. The zero-order valence-electron chi connectivity index (χ0n) is 14.6. The normalized spacial score (nSPS) is 17.4. The van der Waals surface area contributed by atoms with Gasteiger partial charge in [0.1, 0.15) is 5.75 Å². The summed E-state index contributed by atoms with van der Waals surface area (Å²) in [6, 6.07) is 4.42. The maximum absolute atomic E-state index is 12.6. The van der Waals surface area contributed by atoms with Gasteiger partial charge in [0.15, 0.2) is 0 Å². The van der Waals surface area contributed by atoms with Gasteiger partial charge in [-0.2, -0.15) is 0 Å². The summed E-state index contributed by atoms with van der Waals surface area (Å²) in [7, 11) is 4.40. The molecule has 1 atom stereocenters. The number of ether oxygens (including phenoxy) is 3. The molecule has 2 amide bonds. The van der Waals surface area contributed by atoms with Crippen LogP contribution in [0.25, 0.3) is 0 Å². The number of rotatable bonds is 6. The van der Waals surface area contributed by atoms with Crippen LogP contribution in [0.2, 0.25) is 0 Å². The number of urea groups is 1. The molecule has 0 unspecified atom stereocenters. The van der Waals surface area contributed by atoms with Crippen LogP contribution in [-0.2, 0) is 14.3 Å². The van der Waals surface area contributed by atoms with Gasteiger partial charge in [-0.05, 0) is 25.1 Å². The SMILES string of the molecule is COCCN1C(=O)N[C@@H](c2cc(Br)ccc2OC)C(C(=O)OC)=C1C. The predicted octanol–water partition coefficient (Wildman–Crippen LogP) is 2.62. The van der Waals surface area contributed by atoms with E-state index >= 15 is 0 Å². The average Bonchev–Trinajstić information content (AvgIpc) is 2.60. The summed E-state index contributed by atoms with van der Waals surface area (Å²) in [5.41, 5.74) is 1.55. The monoisotopic (exact) mass is 412 g/mol. The number of methoxy groups -OCH3 is 3. The van der Waals surface area contributed by atoms with Crippen molar-refractivity contribution in [1.82, 2.24) is 10.2 Å². The summed E-state index contributed by atoms with van der Waals surface area (Å²) in [4.78, 5) is 26.5. The van der Waals surface area contributed by atoms with E-state index in [9.17, 15) is 9.59 Å². The van der Waals surface area contributed by atoms with Crippen molar-refractivity contribution in [3.05, 3.63) is 39.5 Å². The number of benzene rings is 1. The number of allylic oxidation sites excluding steroid dienone is 1. The number of nitrogens with one attached hydrogen (secondary N) is 1. The molecule has 1 aliphatic heterocycles. The predicted molar refractivity (Wildman–Crippen MR) is 95.3 cm³/mol. The molecule has 8 heteroatoms. The lowest BCUT2D eigenvalue weighted by Gasteiger charge is -2.35. The van der Waals surface area contributed by atoms with Gasteiger partial charge >= 0.3 is 12.0 Å². The summed E-state index contributed by atoms with van der Waals surface area (Å²) in [6.07, 6.45) is 0. The Labute approximate surface area is 155 Å². The Morgan fingerprint density at radius 3 is 2.64 bits per heavy atom. The van der Waals surface area contributed by atoms with Crippen molar-refractivity contribution in [2.24, 2.45) is 0 Å². The molecule has 1 heterocycles. The van der Waals surface area contributed by atoms with Crippen molar-refractivity contribution in [2.45, 2.75) is 13.0 Å². The molecule has 136 valence electrons. The van der Waals surface area contributed by atoms with Crippen molar-refractivity contribution >= 4 is 27.9 Å². The second kappa shape index (κ2) is 8.35. The molecule has 0 bridgehead atoms. The molecule has 25 heavy (non-hydrogen) atoms. The number of hydrogen-bond acceptors (Lipinski definition) is 5. The third kappa shape index (κ3) is 3.96. The van der Waals surface area contributed by atoms with Gasteiger partial charge in [-0.3, -0.25) is 4.90 Å². The highest BCUT2D eigenvalue weighted by Crippen LogP contribution is 2.37. The van der Waals surface area contributed by atoms with E-state index in [1.165, 1.54) is 19.1 Å². The quantitative estimate of drug-likeness (QED) is 0.726. The first-order chi connectivity index (χ1) is 11.9. The minimum absolute atomic E-state index is 0.311. The molecule has 0 spiro atoms. The van der Waals surface area contributed by atoms with Crippen molar-refractivity contribution in [2.75, 3.05) is 34.5 Å². The third-order valence-corrected chi connectivity index (χ3v) is 4.52. The number of halogens is 1. The van der Waals surface area contributed by atoms with Crippen LogP contribution < -0.4 is 10.1 Å². The second-order valence-corrected chi connectivity index (χ2v) is 6.32. The standard InChI is InChI=1S/C17H21BrN2O5/c1-10-14(16(21)25-4)15(19-17(22)20(10)7-8-23-2)12-9-11(18)5-6-13(12)24-3/h5-6,9,15H,7-8H2,1-4H3,(H,19,22)/t15-/m0/s1. The molecular weight excluding hydrogens is 392 g/mol. The van der Waals surface area contributed by atoms with Crippen LogP contribution in [0, 0.1) is 0 Å². The van der Waals surface area contributed by atoms with Gasteiger partial charge in [0.2, 0.25) is 0 Å². The van der Waals surface area contributed by atoms with Crippen LogP contribution in [-0.4, -0.2) is 51.4 Å². The summed E-state index contributed by atoms with van der Waals surface area (Å²) >= 11 is 3.42. The first-order valence-corrected chi connectivity index (χ1v) is 8.43. The van der Waals surface area contributed by atoms with Gasteiger partial charge in [-0.15, -0.1) is 0 Å². The first-order valence-electron chi connectivity index (χ1n) is 7.64. The Hall–Kier alpha value is -2.06. The molecule has 0 saturated carbocycles. The van der Waals surface area contributed by atoms with Crippen molar-refractivity contribution < 1.29 is 23.8 Å². The zero-order valence-corrected chi connectivity index (χ0v) is 16.2. The molecular formula is C17H21BrN2O5. The Morgan fingerprint density at radius 2 is 2.04 bits per heavy atom. The Kier molecular flexibility index (Phi) is 6.44. The van der Waals surface area contributed by atoms with Crippen LogP contribution in [0.3, 0.4) is 0 Å². The lowest BCUT2D eigenvalue weighted by molar-refractivity contribution is -0.136. The van der Waals surface area contributed by atoms with Gasteiger partial charge in [0.05, 0.1) is 39.0 Å². The van der Waals surface area contributed by atoms with Crippen LogP contribution in [0.1, 0.15) is 18.5 Å². The highest BCUT2D eigenvalue weighted by Gasteiger charge is 2.37. The lowest BCUT2D eigenvalue weighted by atomic mass is 9.94. The van der Waals surface area contributed by atoms with Crippen molar-refractivity contribution in [3.8, 4) is 5.75 Å². The van der Waals surface area contributed by atoms with E-state index in [4.69, 9.17) is 14.2 Å². The highest BCUT2D eigenvalue weighted by atomic mass is 79.9. The van der Waals surface area contributed by atoms with Crippen LogP contribution >= 0.6 is 15.9 Å². The van der Waals surface area contributed by atoms with Gasteiger partial charge in [-0.1, -0.05) is 15.9 Å². The number of amides is 2. The number of esters is 1. The number of hydrogen-bond donors (Lipinski definition) is 1. The van der Waals surface area contributed by atoms with Gasteiger partial charge in [-0.25, -0.2) is 9.59 Å². The van der Waals surface area contributed by atoms with E-state index in [2.05, 4.69) is 21.2 Å². The van der Waals surface area contributed by atoms with Gasteiger partial charge in [0, 0.05) is 22.8 Å². The summed E-state index contributed by atoms with van der Waals surface area (Å²) < 4.78 is 16.2. The van der Waals surface area contributed by atoms with E-state index in [0.29, 0.717) is 35.7 Å². The molecule has 7 nitrogen and oxygen atoms in total. The van der Waals surface area contributed by atoms with E-state index in [0.717, 1.165) is 4.47 Å². The molecule has 1 aromatic carbocycles.